The lowest BCUT2D eigenvalue weighted by Crippen LogP contribution is -2.52. The van der Waals surface area contributed by atoms with Gasteiger partial charge in [0.25, 0.3) is 0 Å². The molecule has 1 unspecified atom stereocenters. The third-order valence-corrected chi connectivity index (χ3v) is 5.98. The number of nitrogens with zero attached hydrogens (tertiary/aromatic N) is 3. The SMILES string of the molecule is CCN1CCN(C(=O)NCC(c2cccs2)N2CCCC2)CC1. The van der Waals surface area contributed by atoms with Gasteiger partial charge in [-0.3, -0.25) is 4.90 Å². The van der Waals surface area contributed by atoms with E-state index in [4.69, 9.17) is 0 Å². The summed E-state index contributed by atoms with van der Waals surface area (Å²) >= 11 is 1.80. The van der Waals surface area contributed by atoms with Crippen molar-refractivity contribution >= 4 is 17.4 Å². The Kier molecular flexibility index (Phi) is 5.91. The molecule has 0 aliphatic carbocycles. The van der Waals surface area contributed by atoms with Gasteiger partial charge in [0.05, 0.1) is 6.04 Å². The first-order valence-corrected chi connectivity index (χ1v) is 9.68. The van der Waals surface area contributed by atoms with Gasteiger partial charge in [0.15, 0.2) is 0 Å². The summed E-state index contributed by atoms with van der Waals surface area (Å²) in [5, 5.41) is 5.31. The highest BCUT2D eigenvalue weighted by Crippen LogP contribution is 2.27. The van der Waals surface area contributed by atoms with Crippen molar-refractivity contribution in [2.75, 3.05) is 52.4 Å². The van der Waals surface area contributed by atoms with Crippen LogP contribution in [0.1, 0.15) is 30.7 Å². The molecule has 6 heteroatoms. The largest absolute Gasteiger partial charge is 0.336 e. The lowest BCUT2D eigenvalue weighted by Gasteiger charge is -2.35. The Balaban J connectivity index is 1.53. The molecule has 3 rings (SSSR count). The molecule has 0 spiro atoms. The Morgan fingerprint density at radius 1 is 1.22 bits per heavy atom. The average molecular weight is 337 g/mol. The molecule has 2 aliphatic heterocycles. The summed E-state index contributed by atoms with van der Waals surface area (Å²) in [5.41, 5.74) is 0. The Labute approximate surface area is 143 Å². The van der Waals surface area contributed by atoms with Crippen LogP contribution in [-0.2, 0) is 0 Å². The minimum atomic E-state index is 0.0986. The average Bonchev–Trinajstić information content (AvgIpc) is 3.29. The van der Waals surface area contributed by atoms with Crippen molar-refractivity contribution in [3.05, 3.63) is 22.4 Å². The topological polar surface area (TPSA) is 38.8 Å². The van der Waals surface area contributed by atoms with Crippen LogP contribution in [0.3, 0.4) is 0 Å². The first kappa shape index (κ1) is 16.7. The van der Waals surface area contributed by atoms with Gasteiger partial charge in [0.2, 0.25) is 0 Å². The molecule has 2 amide bonds. The zero-order valence-electron chi connectivity index (χ0n) is 14.0. The predicted octanol–water partition coefficient (Wildman–Crippen LogP) is 2.23. The number of amides is 2. The van der Waals surface area contributed by atoms with Gasteiger partial charge >= 0.3 is 6.03 Å². The smallest absolute Gasteiger partial charge is 0.317 e. The van der Waals surface area contributed by atoms with E-state index in [1.165, 1.54) is 17.7 Å². The monoisotopic (exact) mass is 336 g/mol. The third-order valence-electron chi connectivity index (χ3n) is 5.01. The van der Waals surface area contributed by atoms with Gasteiger partial charge in [-0.25, -0.2) is 4.79 Å². The van der Waals surface area contributed by atoms with Crippen LogP contribution in [0.25, 0.3) is 0 Å². The lowest BCUT2D eigenvalue weighted by atomic mass is 10.2. The molecule has 1 atom stereocenters. The van der Waals surface area contributed by atoms with Crippen molar-refractivity contribution in [2.45, 2.75) is 25.8 Å². The molecule has 1 N–H and O–H groups in total. The fourth-order valence-electron chi connectivity index (χ4n) is 3.51. The zero-order valence-corrected chi connectivity index (χ0v) is 14.9. The fourth-order valence-corrected chi connectivity index (χ4v) is 4.37. The summed E-state index contributed by atoms with van der Waals surface area (Å²) in [4.78, 5) is 20.7. The maximum atomic E-state index is 12.5. The molecule has 128 valence electrons. The zero-order chi connectivity index (χ0) is 16.1. The van der Waals surface area contributed by atoms with Gasteiger partial charge in [-0.15, -0.1) is 11.3 Å². The van der Waals surface area contributed by atoms with E-state index in [0.717, 1.165) is 45.8 Å². The van der Waals surface area contributed by atoms with Crippen LogP contribution in [-0.4, -0.2) is 73.1 Å². The maximum absolute atomic E-state index is 12.5. The summed E-state index contributed by atoms with van der Waals surface area (Å²) in [6.45, 7) is 9.92. The molecule has 2 aliphatic rings. The van der Waals surface area contributed by atoms with Crippen molar-refractivity contribution in [2.24, 2.45) is 0 Å². The van der Waals surface area contributed by atoms with Crippen LogP contribution in [0.15, 0.2) is 17.5 Å². The van der Waals surface area contributed by atoms with E-state index in [9.17, 15) is 4.79 Å². The highest BCUT2D eigenvalue weighted by molar-refractivity contribution is 7.10. The second-order valence-corrected chi connectivity index (χ2v) is 7.36. The number of piperazine rings is 1. The molecule has 2 fully saturated rings. The second-order valence-electron chi connectivity index (χ2n) is 6.38. The number of carbonyl (C=O) groups is 1. The van der Waals surface area contributed by atoms with Gasteiger partial charge in [-0.05, 0) is 43.9 Å². The number of thiophene rings is 1. The summed E-state index contributed by atoms with van der Waals surface area (Å²) in [7, 11) is 0. The second kappa shape index (κ2) is 8.13. The lowest BCUT2D eigenvalue weighted by molar-refractivity contribution is 0.140. The highest BCUT2D eigenvalue weighted by Gasteiger charge is 2.26. The van der Waals surface area contributed by atoms with Crippen LogP contribution >= 0.6 is 11.3 Å². The standard InChI is InChI=1S/C17H28N4OS/c1-2-19-9-11-21(12-10-19)17(22)18-14-15(16-6-5-13-23-16)20-7-3-4-8-20/h5-6,13,15H,2-4,7-12,14H2,1H3,(H,18,22). The Hall–Kier alpha value is -1.11. The van der Waals surface area contributed by atoms with E-state index in [1.807, 2.05) is 4.90 Å². The van der Waals surface area contributed by atoms with E-state index >= 15 is 0 Å². The number of likely N-dealkylation sites (N-methyl/N-ethyl adjacent to an activating group) is 1. The van der Waals surface area contributed by atoms with Crippen LogP contribution < -0.4 is 5.32 Å². The molecule has 1 aromatic rings. The molecular formula is C17H28N4OS. The summed E-state index contributed by atoms with van der Waals surface area (Å²) in [6, 6.07) is 4.73. The Morgan fingerprint density at radius 2 is 1.96 bits per heavy atom. The summed E-state index contributed by atoms with van der Waals surface area (Å²) < 4.78 is 0. The molecular weight excluding hydrogens is 308 g/mol. The minimum absolute atomic E-state index is 0.0986. The van der Waals surface area contributed by atoms with Gasteiger partial charge in [0, 0.05) is 37.6 Å². The molecule has 3 heterocycles. The summed E-state index contributed by atoms with van der Waals surface area (Å²) in [5.74, 6) is 0. The van der Waals surface area contributed by atoms with Crippen molar-refractivity contribution in [3.63, 3.8) is 0 Å². The van der Waals surface area contributed by atoms with Crippen molar-refractivity contribution in [3.8, 4) is 0 Å². The highest BCUT2D eigenvalue weighted by atomic mass is 32.1. The van der Waals surface area contributed by atoms with Gasteiger partial charge in [-0.2, -0.15) is 0 Å². The molecule has 1 aromatic heterocycles. The van der Waals surface area contributed by atoms with Crippen LogP contribution in [0.5, 0.6) is 0 Å². The van der Waals surface area contributed by atoms with E-state index in [0.29, 0.717) is 12.6 Å². The van der Waals surface area contributed by atoms with Crippen LogP contribution in [0, 0.1) is 0 Å². The van der Waals surface area contributed by atoms with Crippen molar-refractivity contribution in [1.82, 2.24) is 20.0 Å². The van der Waals surface area contributed by atoms with E-state index in [1.54, 1.807) is 11.3 Å². The maximum Gasteiger partial charge on any atom is 0.317 e. The molecule has 0 radical (unpaired) electrons. The molecule has 0 saturated carbocycles. The minimum Gasteiger partial charge on any atom is -0.336 e. The Morgan fingerprint density at radius 3 is 2.57 bits per heavy atom. The fraction of sp³-hybridized carbons (Fsp3) is 0.706. The van der Waals surface area contributed by atoms with Gasteiger partial charge in [-0.1, -0.05) is 13.0 Å². The quantitative estimate of drug-likeness (QED) is 0.896. The molecule has 0 aromatic carbocycles. The van der Waals surface area contributed by atoms with E-state index < -0.39 is 0 Å². The van der Waals surface area contributed by atoms with E-state index in [2.05, 4.69) is 39.6 Å². The van der Waals surface area contributed by atoms with Crippen molar-refractivity contribution in [1.29, 1.82) is 0 Å². The number of nitrogens with one attached hydrogen (secondary N) is 1. The molecule has 0 bridgehead atoms. The number of likely N-dealkylation sites (tertiary alicyclic amines) is 1. The first-order valence-electron chi connectivity index (χ1n) is 8.80. The summed E-state index contributed by atoms with van der Waals surface area (Å²) in [6.07, 6.45) is 2.55. The normalized spacial score (nSPS) is 21.5. The number of urea groups is 1. The van der Waals surface area contributed by atoms with Gasteiger partial charge in [0.1, 0.15) is 0 Å². The van der Waals surface area contributed by atoms with Gasteiger partial charge < -0.3 is 15.1 Å². The first-order chi connectivity index (χ1) is 11.3. The third kappa shape index (κ3) is 4.25. The molecule has 23 heavy (non-hydrogen) atoms. The number of rotatable bonds is 5. The predicted molar refractivity (Wildman–Crippen MR) is 95.0 cm³/mol. The van der Waals surface area contributed by atoms with Crippen LogP contribution in [0.4, 0.5) is 4.79 Å². The van der Waals surface area contributed by atoms with Crippen molar-refractivity contribution < 1.29 is 4.79 Å². The Bertz CT molecular complexity index is 479. The number of carbonyl (C=O) groups excluding carboxylic acids is 1. The van der Waals surface area contributed by atoms with Crippen LogP contribution in [0.2, 0.25) is 0 Å². The van der Waals surface area contributed by atoms with E-state index in [-0.39, 0.29) is 6.03 Å². The molecule has 2 saturated heterocycles. The number of hydrogen-bond acceptors (Lipinski definition) is 4. The molecule has 5 nitrogen and oxygen atoms in total. The number of hydrogen-bond donors (Lipinski definition) is 1.